The van der Waals surface area contributed by atoms with Crippen molar-refractivity contribution >= 4 is 16.6 Å². The molecule has 0 saturated heterocycles. The Morgan fingerprint density at radius 3 is 2.61 bits per heavy atom. The second kappa shape index (κ2) is 7.95. The molecule has 28 heavy (non-hydrogen) atoms. The number of benzene rings is 2. The lowest BCUT2D eigenvalue weighted by Gasteiger charge is -2.12. The highest BCUT2D eigenvalue weighted by molar-refractivity contribution is 5.95. The number of ether oxygens (including phenoxy) is 2. The van der Waals surface area contributed by atoms with E-state index in [2.05, 4.69) is 28.1 Å². The highest BCUT2D eigenvalue weighted by Crippen LogP contribution is 2.39. The second-order valence-corrected chi connectivity index (χ2v) is 7.16. The van der Waals surface area contributed by atoms with Gasteiger partial charge in [-0.15, -0.1) is 0 Å². The average Bonchev–Trinajstić information content (AvgIpc) is 3.50. The summed E-state index contributed by atoms with van der Waals surface area (Å²) in [6, 6.07) is 16.6. The molecule has 1 fully saturated rings. The van der Waals surface area contributed by atoms with Crippen LogP contribution in [0.5, 0.6) is 5.75 Å². The van der Waals surface area contributed by atoms with Crippen molar-refractivity contribution in [2.75, 3.05) is 25.8 Å². The number of methoxy groups -OCH3 is 1. The molecule has 1 aliphatic rings. The van der Waals surface area contributed by atoms with Crippen molar-refractivity contribution in [3.63, 3.8) is 0 Å². The van der Waals surface area contributed by atoms with Crippen LogP contribution in [0.1, 0.15) is 25.3 Å². The minimum Gasteiger partial charge on any atom is -0.497 e. The van der Waals surface area contributed by atoms with E-state index in [1.54, 1.807) is 7.11 Å². The van der Waals surface area contributed by atoms with Gasteiger partial charge in [-0.2, -0.15) is 5.26 Å². The van der Waals surface area contributed by atoms with Gasteiger partial charge in [-0.3, -0.25) is 0 Å². The Bertz CT molecular complexity index is 1010. The average molecular weight is 375 g/mol. The highest BCUT2D eigenvalue weighted by Gasteiger charge is 2.26. The summed E-state index contributed by atoms with van der Waals surface area (Å²) in [6.07, 6.45) is 2.51. The Morgan fingerprint density at radius 1 is 1.18 bits per heavy atom. The molecule has 0 bridgehead atoms. The molecular formula is C23H25N3O2. The summed E-state index contributed by atoms with van der Waals surface area (Å²) in [5, 5.41) is 14.2. The molecule has 1 saturated carbocycles. The molecule has 1 N–H and O–H groups in total. The Hall–Kier alpha value is -2.97. The smallest absolute Gasteiger partial charge is 0.120 e. The summed E-state index contributed by atoms with van der Waals surface area (Å²) in [6.45, 7) is 4.08. The van der Waals surface area contributed by atoms with Crippen LogP contribution in [-0.4, -0.2) is 25.0 Å². The lowest BCUT2D eigenvalue weighted by Crippen LogP contribution is -2.05. The predicted molar refractivity (Wildman–Crippen MR) is 111 cm³/mol. The van der Waals surface area contributed by atoms with Gasteiger partial charge in [-0.1, -0.05) is 12.1 Å². The minimum absolute atomic E-state index is 0.487. The number of rotatable bonds is 8. The van der Waals surface area contributed by atoms with E-state index in [9.17, 15) is 5.26 Å². The van der Waals surface area contributed by atoms with Crippen LogP contribution in [0.15, 0.2) is 42.5 Å². The first kappa shape index (κ1) is 18.4. The molecule has 0 aliphatic heterocycles. The normalized spacial score (nSPS) is 13.5. The maximum absolute atomic E-state index is 9.94. The molecule has 2 aromatic carbocycles. The maximum atomic E-state index is 9.94. The molecule has 0 atom stereocenters. The van der Waals surface area contributed by atoms with E-state index in [0.717, 1.165) is 45.7 Å². The third kappa shape index (κ3) is 3.56. The lowest BCUT2D eigenvalue weighted by molar-refractivity contribution is 0.167. The first-order valence-electron chi connectivity index (χ1n) is 9.77. The van der Waals surface area contributed by atoms with Crippen molar-refractivity contribution < 1.29 is 9.47 Å². The van der Waals surface area contributed by atoms with Gasteiger partial charge in [0.05, 0.1) is 23.9 Å². The third-order valence-electron chi connectivity index (χ3n) is 5.26. The van der Waals surface area contributed by atoms with E-state index in [-0.39, 0.29) is 0 Å². The zero-order chi connectivity index (χ0) is 19.5. The number of nitrogens with one attached hydrogen (secondary N) is 1. The van der Waals surface area contributed by atoms with Gasteiger partial charge in [-0.25, -0.2) is 0 Å². The van der Waals surface area contributed by atoms with E-state index >= 15 is 0 Å². The molecule has 1 heterocycles. The molecule has 3 aromatic rings. The molecule has 0 unspecified atom stereocenters. The zero-order valence-corrected chi connectivity index (χ0v) is 16.4. The van der Waals surface area contributed by atoms with Crippen molar-refractivity contribution in [1.29, 1.82) is 5.26 Å². The molecule has 5 nitrogen and oxygen atoms in total. The summed E-state index contributed by atoms with van der Waals surface area (Å²) < 4.78 is 13.1. The van der Waals surface area contributed by atoms with Crippen molar-refractivity contribution in [2.45, 2.75) is 26.3 Å². The molecular weight excluding hydrogens is 350 g/mol. The van der Waals surface area contributed by atoms with Gasteiger partial charge >= 0.3 is 0 Å². The Morgan fingerprint density at radius 2 is 1.96 bits per heavy atom. The summed E-state index contributed by atoms with van der Waals surface area (Å²) in [5.74, 6) is 1.51. The Kier molecular flexibility index (Phi) is 5.23. The summed E-state index contributed by atoms with van der Waals surface area (Å²) >= 11 is 0. The first-order valence-corrected chi connectivity index (χ1v) is 9.77. The fraction of sp³-hybridized carbons (Fsp3) is 0.348. The zero-order valence-electron chi connectivity index (χ0n) is 16.4. The van der Waals surface area contributed by atoms with Crippen LogP contribution in [0.3, 0.4) is 0 Å². The van der Waals surface area contributed by atoms with Crippen molar-refractivity contribution in [1.82, 2.24) is 4.57 Å². The highest BCUT2D eigenvalue weighted by atomic mass is 16.5. The molecule has 144 valence electrons. The van der Waals surface area contributed by atoms with Gasteiger partial charge in [-0.05, 0) is 55.5 Å². The van der Waals surface area contributed by atoms with Crippen LogP contribution in [0.2, 0.25) is 0 Å². The lowest BCUT2D eigenvalue weighted by atomic mass is 10.1. The standard InChI is InChI=1S/C23H25N3O2/c1-3-28-15-25-18-8-6-17(7-9-18)23-21(13-24)20-11-10-19(27-2)12-22(20)26(23)14-16-4-5-16/h6-12,16,25H,3-5,14-15H2,1-2H3. The van der Waals surface area contributed by atoms with Crippen LogP contribution in [0.25, 0.3) is 22.2 Å². The van der Waals surface area contributed by atoms with Crippen molar-refractivity contribution in [3.05, 3.63) is 48.0 Å². The topological polar surface area (TPSA) is 59.2 Å². The van der Waals surface area contributed by atoms with Gasteiger partial charge < -0.3 is 19.4 Å². The van der Waals surface area contributed by atoms with E-state index in [1.807, 2.05) is 37.3 Å². The van der Waals surface area contributed by atoms with Gasteiger partial charge in [0.2, 0.25) is 0 Å². The van der Waals surface area contributed by atoms with Gasteiger partial charge in [0.15, 0.2) is 0 Å². The number of hydrogen-bond acceptors (Lipinski definition) is 4. The second-order valence-electron chi connectivity index (χ2n) is 7.16. The van der Waals surface area contributed by atoms with Crippen LogP contribution >= 0.6 is 0 Å². The first-order chi connectivity index (χ1) is 13.7. The number of nitrogens with zero attached hydrogens (tertiary/aromatic N) is 2. The number of fused-ring (bicyclic) bond motifs is 1. The van der Waals surface area contributed by atoms with Crippen LogP contribution in [0.4, 0.5) is 5.69 Å². The predicted octanol–water partition coefficient (Wildman–Crippen LogP) is 5.00. The fourth-order valence-corrected chi connectivity index (χ4v) is 3.60. The van der Waals surface area contributed by atoms with Crippen molar-refractivity contribution in [3.8, 4) is 23.1 Å². The summed E-state index contributed by atoms with van der Waals surface area (Å²) in [7, 11) is 1.68. The largest absolute Gasteiger partial charge is 0.497 e. The van der Waals surface area contributed by atoms with Crippen LogP contribution in [-0.2, 0) is 11.3 Å². The number of anilines is 1. The van der Waals surface area contributed by atoms with E-state index in [0.29, 0.717) is 19.3 Å². The van der Waals surface area contributed by atoms with Gasteiger partial charge in [0.25, 0.3) is 0 Å². The molecule has 1 aromatic heterocycles. The number of hydrogen-bond donors (Lipinski definition) is 1. The minimum atomic E-state index is 0.487. The molecule has 0 amide bonds. The number of aromatic nitrogens is 1. The SMILES string of the molecule is CCOCNc1ccc(-c2c(C#N)c3ccc(OC)cc3n2CC2CC2)cc1. The van der Waals surface area contributed by atoms with E-state index in [4.69, 9.17) is 9.47 Å². The van der Waals surface area contributed by atoms with Gasteiger partial charge in [0.1, 0.15) is 18.5 Å². The molecule has 0 spiro atoms. The summed E-state index contributed by atoms with van der Waals surface area (Å²) in [5.41, 5.74) is 4.84. The molecule has 1 aliphatic carbocycles. The monoisotopic (exact) mass is 375 g/mol. The number of nitriles is 1. The third-order valence-corrected chi connectivity index (χ3v) is 5.26. The van der Waals surface area contributed by atoms with Crippen LogP contribution < -0.4 is 10.1 Å². The van der Waals surface area contributed by atoms with E-state index in [1.165, 1.54) is 12.8 Å². The van der Waals surface area contributed by atoms with Crippen LogP contribution in [0, 0.1) is 17.2 Å². The van der Waals surface area contributed by atoms with Gasteiger partial charge in [0, 0.05) is 30.3 Å². The van der Waals surface area contributed by atoms with E-state index < -0.39 is 0 Å². The Labute approximate surface area is 165 Å². The summed E-state index contributed by atoms with van der Waals surface area (Å²) in [4.78, 5) is 0. The quantitative estimate of drug-likeness (QED) is 0.444. The molecule has 0 radical (unpaired) electrons. The maximum Gasteiger partial charge on any atom is 0.120 e. The molecule has 4 rings (SSSR count). The Balaban J connectivity index is 1.79. The molecule has 5 heteroatoms. The fourth-order valence-electron chi connectivity index (χ4n) is 3.60. The van der Waals surface area contributed by atoms with Crippen molar-refractivity contribution in [2.24, 2.45) is 5.92 Å².